The third kappa shape index (κ3) is 4.37. The van der Waals surface area contributed by atoms with Crippen molar-refractivity contribution in [2.24, 2.45) is 4.40 Å². The molecular formula is C19H22N2O5S2. The van der Waals surface area contributed by atoms with Crippen molar-refractivity contribution in [3.8, 4) is 11.5 Å². The molecule has 0 unspecified atom stereocenters. The lowest BCUT2D eigenvalue weighted by atomic mass is 10.3. The molecule has 0 spiro atoms. The molecule has 0 bridgehead atoms. The summed E-state index contributed by atoms with van der Waals surface area (Å²) < 4.78 is 48.3. The summed E-state index contributed by atoms with van der Waals surface area (Å²) >= 11 is 1.30. The van der Waals surface area contributed by atoms with Crippen molar-refractivity contribution in [2.75, 3.05) is 27.4 Å². The Morgan fingerprint density at radius 2 is 1.79 bits per heavy atom. The van der Waals surface area contributed by atoms with Crippen LogP contribution in [0.4, 0.5) is 0 Å². The summed E-state index contributed by atoms with van der Waals surface area (Å²) in [5.74, 6) is 1.32. The summed E-state index contributed by atoms with van der Waals surface area (Å²) in [6.07, 6.45) is 0. The molecule has 0 amide bonds. The second-order valence-electron chi connectivity index (χ2n) is 5.83. The number of aromatic nitrogens is 1. The fraction of sp³-hybridized carbons (Fsp3) is 0.316. The van der Waals surface area contributed by atoms with Crippen LogP contribution in [0, 0.1) is 0 Å². The van der Waals surface area contributed by atoms with Gasteiger partial charge < -0.3 is 18.8 Å². The van der Waals surface area contributed by atoms with Gasteiger partial charge in [-0.05, 0) is 49.4 Å². The Labute approximate surface area is 167 Å². The van der Waals surface area contributed by atoms with Gasteiger partial charge in [-0.1, -0.05) is 11.3 Å². The van der Waals surface area contributed by atoms with Crippen LogP contribution < -0.4 is 14.3 Å². The summed E-state index contributed by atoms with van der Waals surface area (Å²) in [6, 6.07) is 11.8. The molecule has 0 saturated carbocycles. The van der Waals surface area contributed by atoms with Crippen LogP contribution in [0.1, 0.15) is 6.92 Å². The Hall–Kier alpha value is -2.36. The van der Waals surface area contributed by atoms with E-state index in [1.807, 2.05) is 29.7 Å². The topological polar surface area (TPSA) is 79.1 Å². The number of nitrogens with zero attached hydrogens (tertiary/aromatic N) is 2. The van der Waals surface area contributed by atoms with Gasteiger partial charge in [0, 0.05) is 13.7 Å². The smallest absolute Gasteiger partial charge is 0.285 e. The fourth-order valence-corrected chi connectivity index (χ4v) is 4.97. The van der Waals surface area contributed by atoms with Gasteiger partial charge in [0.25, 0.3) is 10.0 Å². The Kier molecular flexibility index (Phi) is 6.38. The molecule has 1 aromatic heterocycles. The van der Waals surface area contributed by atoms with Gasteiger partial charge in [-0.25, -0.2) is 0 Å². The SMILES string of the molecule is CCOc1ccc2c(c1)sc(=NS(=O)(=O)c1ccc(OC)cc1)n2CCOC. The number of fused-ring (bicyclic) bond motifs is 1. The molecule has 150 valence electrons. The van der Waals surface area contributed by atoms with Gasteiger partial charge in [0.1, 0.15) is 11.5 Å². The van der Waals surface area contributed by atoms with Crippen molar-refractivity contribution in [3.63, 3.8) is 0 Å². The number of rotatable bonds is 8. The first kappa shape index (κ1) is 20.4. The molecule has 3 rings (SSSR count). The van der Waals surface area contributed by atoms with Crippen LogP contribution in [0.3, 0.4) is 0 Å². The molecule has 0 aliphatic carbocycles. The molecule has 0 saturated heterocycles. The zero-order chi connectivity index (χ0) is 20.1. The number of ether oxygens (including phenoxy) is 3. The van der Waals surface area contributed by atoms with Gasteiger partial charge in [0.2, 0.25) is 4.80 Å². The van der Waals surface area contributed by atoms with Gasteiger partial charge in [-0.15, -0.1) is 4.40 Å². The average molecular weight is 423 g/mol. The van der Waals surface area contributed by atoms with Crippen molar-refractivity contribution in [1.82, 2.24) is 4.57 Å². The second kappa shape index (κ2) is 8.76. The van der Waals surface area contributed by atoms with Crippen LogP contribution in [0.5, 0.6) is 11.5 Å². The van der Waals surface area contributed by atoms with Crippen molar-refractivity contribution >= 4 is 31.6 Å². The molecule has 0 aliphatic rings. The highest BCUT2D eigenvalue weighted by Gasteiger charge is 2.15. The molecular weight excluding hydrogens is 400 g/mol. The quantitative estimate of drug-likeness (QED) is 0.557. The first-order chi connectivity index (χ1) is 13.5. The summed E-state index contributed by atoms with van der Waals surface area (Å²) in [4.78, 5) is 0.496. The maximum Gasteiger partial charge on any atom is 0.285 e. The van der Waals surface area contributed by atoms with Gasteiger partial charge in [-0.2, -0.15) is 8.42 Å². The molecule has 0 radical (unpaired) electrons. The monoisotopic (exact) mass is 422 g/mol. The lowest BCUT2D eigenvalue weighted by Gasteiger charge is -2.06. The lowest BCUT2D eigenvalue weighted by Crippen LogP contribution is -2.19. The Bertz CT molecular complexity index is 1120. The van der Waals surface area contributed by atoms with Gasteiger partial charge >= 0.3 is 0 Å². The summed E-state index contributed by atoms with van der Waals surface area (Å²) in [7, 11) is -0.734. The maximum atomic E-state index is 12.8. The summed E-state index contributed by atoms with van der Waals surface area (Å²) in [6.45, 7) is 3.40. The minimum Gasteiger partial charge on any atom is -0.497 e. The van der Waals surface area contributed by atoms with Crippen molar-refractivity contribution in [1.29, 1.82) is 0 Å². The highest BCUT2D eigenvalue weighted by Crippen LogP contribution is 2.24. The number of hydrogen-bond acceptors (Lipinski definition) is 6. The van der Waals surface area contributed by atoms with Gasteiger partial charge in [0.15, 0.2) is 0 Å². The standard InChI is InChI=1S/C19H22N2O5S2/c1-4-26-15-7-10-17-18(13-15)27-19(21(17)11-12-24-2)20-28(22,23)16-8-5-14(25-3)6-9-16/h5-10,13H,4,11-12H2,1-3H3. The van der Waals surface area contributed by atoms with Gasteiger partial charge in [-0.3, -0.25) is 0 Å². The molecule has 3 aromatic rings. The molecule has 2 aromatic carbocycles. The van der Waals surface area contributed by atoms with Crippen LogP contribution >= 0.6 is 11.3 Å². The van der Waals surface area contributed by atoms with E-state index in [1.54, 1.807) is 19.2 Å². The van der Waals surface area contributed by atoms with Gasteiger partial charge in [0.05, 0.1) is 35.4 Å². The molecule has 28 heavy (non-hydrogen) atoms. The van der Waals surface area contributed by atoms with Crippen LogP contribution in [-0.4, -0.2) is 40.4 Å². The average Bonchev–Trinajstić information content (AvgIpc) is 3.02. The Balaban J connectivity index is 2.12. The maximum absolute atomic E-state index is 12.8. The Morgan fingerprint density at radius 3 is 2.43 bits per heavy atom. The van der Waals surface area contributed by atoms with Crippen molar-refractivity contribution in [2.45, 2.75) is 18.4 Å². The summed E-state index contributed by atoms with van der Waals surface area (Å²) in [5, 5.41) is 0. The zero-order valence-electron chi connectivity index (χ0n) is 15.9. The molecule has 0 aliphatic heterocycles. The van der Waals surface area contributed by atoms with Crippen LogP contribution in [0.25, 0.3) is 10.2 Å². The fourth-order valence-electron chi connectivity index (χ4n) is 2.68. The number of sulfonamides is 1. The minimum atomic E-state index is -3.87. The van der Waals surface area contributed by atoms with E-state index in [-0.39, 0.29) is 4.90 Å². The van der Waals surface area contributed by atoms with Crippen molar-refractivity contribution in [3.05, 3.63) is 47.3 Å². The van der Waals surface area contributed by atoms with E-state index in [1.165, 1.54) is 30.6 Å². The van der Waals surface area contributed by atoms with Crippen LogP contribution in [0.15, 0.2) is 51.8 Å². The molecule has 0 fully saturated rings. The zero-order valence-corrected chi connectivity index (χ0v) is 17.5. The number of hydrogen-bond donors (Lipinski definition) is 0. The number of benzene rings is 2. The third-order valence-corrected chi connectivity index (χ3v) is 6.48. The predicted molar refractivity (Wildman–Crippen MR) is 109 cm³/mol. The highest BCUT2D eigenvalue weighted by molar-refractivity contribution is 7.90. The molecule has 1 heterocycles. The van der Waals surface area contributed by atoms with E-state index in [0.29, 0.717) is 30.3 Å². The third-order valence-electron chi connectivity index (χ3n) is 4.04. The highest BCUT2D eigenvalue weighted by atomic mass is 32.2. The van der Waals surface area contributed by atoms with E-state index in [4.69, 9.17) is 14.2 Å². The van der Waals surface area contributed by atoms with E-state index in [9.17, 15) is 8.42 Å². The summed E-state index contributed by atoms with van der Waals surface area (Å²) in [5.41, 5.74) is 0.884. The van der Waals surface area contributed by atoms with Crippen molar-refractivity contribution < 1.29 is 22.6 Å². The molecule has 0 N–H and O–H groups in total. The Morgan fingerprint density at radius 1 is 1.07 bits per heavy atom. The molecule has 9 heteroatoms. The van der Waals surface area contributed by atoms with E-state index >= 15 is 0 Å². The second-order valence-corrected chi connectivity index (χ2v) is 8.45. The number of thiazole rings is 1. The van der Waals surface area contributed by atoms with Crippen LogP contribution in [0.2, 0.25) is 0 Å². The number of methoxy groups -OCH3 is 2. The largest absolute Gasteiger partial charge is 0.497 e. The van der Waals surface area contributed by atoms with E-state index in [0.717, 1.165) is 16.0 Å². The predicted octanol–water partition coefficient (Wildman–Crippen LogP) is 3.05. The first-order valence-corrected chi connectivity index (χ1v) is 10.9. The molecule has 7 nitrogen and oxygen atoms in total. The molecule has 0 atom stereocenters. The van der Waals surface area contributed by atoms with Crippen LogP contribution in [-0.2, 0) is 21.3 Å². The minimum absolute atomic E-state index is 0.110. The lowest BCUT2D eigenvalue weighted by molar-refractivity contribution is 0.187. The first-order valence-electron chi connectivity index (χ1n) is 8.68. The van der Waals surface area contributed by atoms with E-state index in [2.05, 4.69) is 4.40 Å². The normalized spacial score (nSPS) is 12.5. The van der Waals surface area contributed by atoms with E-state index < -0.39 is 10.0 Å².